The number of aromatic hydroxyl groups is 2. The van der Waals surface area contributed by atoms with Gasteiger partial charge in [0.2, 0.25) is 0 Å². The van der Waals surface area contributed by atoms with Gasteiger partial charge in [-0.15, -0.1) is 0 Å². The minimum Gasteiger partial charge on any atom is -0.504 e. The second-order valence-corrected chi connectivity index (χ2v) is 4.59. The number of rotatable bonds is 2. The molecule has 0 saturated heterocycles. The molecule has 2 N–H and O–H groups in total. The van der Waals surface area contributed by atoms with Crippen molar-refractivity contribution in [2.24, 2.45) is 5.92 Å². The highest BCUT2D eigenvalue weighted by Gasteiger charge is 2.31. The summed E-state index contributed by atoms with van der Waals surface area (Å²) in [6.07, 6.45) is 1.83. The molecule has 1 aromatic carbocycles. The molecule has 0 spiro atoms. The predicted molar refractivity (Wildman–Crippen MR) is 65.6 cm³/mol. The second kappa shape index (κ2) is 4.28. The first kappa shape index (κ1) is 11.8. The van der Waals surface area contributed by atoms with Crippen molar-refractivity contribution in [3.05, 3.63) is 17.7 Å². The number of benzene rings is 1. The van der Waals surface area contributed by atoms with E-state index in [1.165, 1.54) is 0 Å². The molecular formula is C13H17NO3. The van der Waals surface area contributed by atoms with Crippen molar-refractivity contribution >= 4 is 12.0 Å². The molecule has 0 bridgehead atoms. The molecule has 1 heterocycles. The zero-order chi connectivity index (χ0) is 12.6. The van der Waals surface area contributed by atoms with Gasteiger partial charge in [-0.05, 0) is 24.0 Å². The van der Waals surface area contributed by atoms with Gasteiger partial charge in [0.05, 0.1) is 0 Å². The van der Waals surface area contributed by atoms with E-state index in [-0.39, 0.29) is 23.3 Å². The van der Waals surface area contributed by atoms with E-state index in [0.717, 1.165) is 24.0 Å². The van der Waals surface area contributed by atoms with Crippen molar-refractivity contribution in [1.29, 1.82) is 0 Å². The van der Waals surface area contributed by atoms with Gasteiger partial charge in [-0.3, -0.25) is 0 Å². The Morgan fingerprint density at radius 1 is 1.41 bits per heavy atom. The minimum absolute atomic E-state index is 0.0542. The molecule has 4 heteroatoms. The normalized spacial score (nSPS) is 23.3. The van der Waals surface area contributed by atoms with Crippen LogP contribution in [0.5, 0.6) is 11.5 Å². The first-order chi connectivity index (χ1) is 8.08. The Hall–Kier alpha value is -1.71. The summed E-state index contributed by atoms with van der Waals surface area (Å²) in [6, 6.07) is 3.14. The van der Waals surface area contributed by atoms with E-state index in [0.29, 0.717) is 6.54 Å². The van der Waals surface area contributed by atoms with Gasteiger partial charge in [-0.1, -0.05) is 6.92 Å². The molecule has 0 radical (unpaired) electrons. The zero-order valence-corrected chi connectivity index (χ0v) is 10.1. The monoisotopic (exact) mass is 235 g/mol. The number of nitrogens with zero attached hydrogens (tertiary/aromatic N) is 1. The lowest BCUT2D eigenvalue weighted by atomic mass is 9.80. The lowest BCUT2D eigenvalue weighted by molar-refractivity contribution is -0.111. The molecule has 2 atom stereocenters. The summed E-state index contributed by atoms with van der Waals surface area (Å²) >= 11 is 0. The van der Waals surface area contributed by atoms with Crippen molar-refractivity contribution in [2.75, 3.05) is 18.5 Å². The molecular weight excluding hydrogens is 218 g/mol. The van der Waals surface area contributed by atoms with E-state index in [1.54, 1.807) is 12.1 Å². The first-order valence-electron chi connectivity index (χ1n) is 5.80. The minimum atomic E-state index is -0.123. The van der Waals surface area contributed by atoms with Gasteiger partial charge in [0, 0.05) is 31.3 Å². The van der Waals surface area contributed by atoms with Crippen LogP contribution in [0.4, 0.5) is 5.69 Å². The summed E-state index contributed by atoms with van der Waals surface area (Å²) in [5.41, 5.74) is 1.83. The Morgan fingerprint density at radius 3 is 2.65 bits per heavy atom. The fourth-order valence-corrected chi connectivity index (χ4v) is 2.64. The van der Waals surface area contributed by atoms with E-state index >= 15 is 0 Å². The standard InChI is InChI=1S/C13H17NO3/c1-3-9-8(7-15)6-14(2)11-5-13(17)12(16)4-10(9)11/h4-5,7-9,16-17H,3,6H2,1-2H3. The van der Waals surface area contributed by atoms with Crippen molar-refractivity contribution in [1.82, 2.24) is 0 Å². The molecule has 0 amide bonds. The maximum absolute atomic E-state index is 11.1. The zero-order valence-electron chi connectivity index (χ0n) is 10.1. The van der Waals surface area contributed by atoms with Crippen molar-refractivity contribution in [3.8, 4) is 11.5 Å². The lowest BCUT2D eigenvalue weighted by Crippen LogP contribution is -2.35. The van der Waals surface area contributed by atoms with Gasteiger partial charge < -0.3 is 19.9 Å². The molecule has 2 unspecified atom stereocenters. The van der Waals surface area contributed by atoms with Crippen LogP contribution in [-0.4, -0.2) is 30.1 Å². The van der Waals surface area contributed by atoms with Crippen LogP contribution in [0.25, 0.3) is 0 Å². The van der Waals surface area contributed by atoms with Crippen LogP contribution in [0.1, 0.15) is 24.8 Å². The SMILES string of the molecule is CCC1c2cc(O)c(O)cc2N(C)CC1C=O. The topological polar surface area (TPSA) is 60.8 Å². The Bertz CT molecular complexity index is 445. The van der Waals surface area contributed by atoms with Crippen LogP contribution in [0.15, 0.2) is 12.1 Å². The van der Waals surface area contributed by atoms with E-state index in [1.807, 2.05) is 18.9 Å². The van der Waals surface area contributed by atoms with Crippen molar-refractivity contribution in [3.63, 3.8) is 0 Å². The molecule has 1 aromatic rings. The van der Waals surface area contributed by atoms with E-state index in [2.05, 4.69) is 0 Å². The molecule has 4 nitrogen and oxygen atoms in total. The summed E-state index contributed by atoms with van der Waals surface area (Å²) in [7, 11) is 1.89. The molecule has 0 saturated carbocycles. The summed E-state index contributed by atoms with van der Waals surface area (Å²) in [5.74, 6) is -0.177. The third-order valence-corrected chi connectivity index (χ3v) is 3.55. The Morgan fingerprint density at radius 2 is 2.06 bits per heavy atom. The third kappa shape index (κ3) is 1.84. The largest absolute Gasteiger partial charge is 0.504 e. The van der Waals surface area contributed by atoms with Gasteiger partial charge >= 0.3 is 0 Å². The van der Waals surface area contributed by atoms with Gasteiger partial charge in [0.1, 0.15) is 6.29 Å². The molecule has 92 valence electrons. The summed E-state index contributed by atoms with van der Waals surface area (Å²) in [6.45, 7) is 2.68. The molecule has 17 heavy (non-hydrogen) atoms. The van der Waals surface area contributed by atoms with Crippen LogP contribution in [0.2, 0.25) is 0 Å². The number of carbonyl (C=O) groups excluding carboxylic acids is 1. The fourth-order valence-electron chi connectivity index (χ4n) is 2.64. The lowest BCUT2D eigenvalue weighted by Gasteiger charge is -2.37. The maximum atomic E-state index is 11.1. The molecule has 0 aromatic heterocycles. The summed E-state index contributed by atoms with van der Waals surface area (Å²) in [4.78, 5) is 13.0. The second-order valence-electron chi connectivity index (χ2n) is 4.59. The average molecular weight is 235 g/mol. The quantitative estimate of drug-likeness (QED) is 0.606. The number of carbonyl (C=O) groups is 1. The highest BCUT2D eigenvalue weighted by molar-refractivity contribution is 5.68. The molecule has 0 fully saturated rings. The average Bonchev–Trinajstić information content (AvgIpc) is 2.31. The van der Waals surface area contributed by atoms with E-state index in [4.69, 9.17) is 0 Å². The van der Waals surface area contributed by atoms with Crippen LogP contribution >= 0.6 is 0 Å². The maximum Gasteiger partial charge on any atom is 0.159 e. The number of fused-ring (bicyclic) bond motifs is 1. The Kier molecular flexibility index (Phi) is 2.96. The molecule has 2 rings (SSSR count). The van der Waals surface area contributed by atoms with Gasteiger partial charge in [0.15, 0.2) is 11.5 Å². The van der Waals surface area contributed by atoms with Crippen molar-refractivity contribution in [2.45, 2.75) is 19.3 Å². The molecule has 1 aliphatic heterocycles. The molecule has 1 aliphatic rings. The van der Waals surface area contributed by atoms with E-state index in [9.17, 15) is 15.0 Å². The number of phenolic OH excluding ortho intramolecular Hbond substituents is 2. The summed E-state index contributed by atoms with van der Waals surface area (Å²) in [5, 5.41) is 19.1. The van der Waals surface area contributed by atoms with Gasteiger partial charge in [-0.2, -0.15) is 0 Å². The number of anilines is 1. The third-order valence-electron chi connectivity index (χ3n) is 3.55. The van der Waals surface area contributed by atoms with Crippen LogP contribution in [0.3, 0.4) is 0 Å². The highest BCUT2D eigenvalue weighted by Crippen LogP contribution is 2.43. The van der Waals surface area contributed by atoms with Crippen LogP contribution < -0.4 is 4.90 Å². The number of hydrogen-bond donors (Lipinski definition) is 2. The molecule has 0 aliphatic carbocycles. The first-order valence-corrected chi connectivity index (χ1v) is 5.80. The Labute approximate surface area is 100 Å². The fraction of sp³-hybridized carbons (Fsp3) is 0.462. The number of hydrogen-bond acceptors (Lipinski definition) is 4. The smallest absolute Gasteiger partial charge is 0.159 e. The summed E-state index contributed by atoms with van der Waals surface area (Å²) < 4.78 is 0. The number of aldehydes is 1. The van der Waals surface area contributed by atoms with Gasteiger partial charge in [-0.25, -0.2) is 0 Å². The van der Waals surface area contributed by atoms with E-state index < -0.39 is 0 Å². The van der Waals surface area contributed by atoms with Crippen LogP contribution in [-0.2, 0) is 4.79 Å². The van der Waals surface area contributed by atoms with Gasteiger partial charge in [0.25, 0.3) is 0 Å². The predicted octanol–water partition coefficient (Wildman–Crippen LogP) is 1.86. The number of phenols is 2. The van der Waals surface area contributed by atoms with Crippen LogP contribution in [0, 0.1) is 5.92 Å². The highest BCUT2D eigenvalue weighted by atomic mass is 16.3. The Balaban J connectivity index is 2.55. The van der Waals surface area contributed by atoms with Crippen molar-refractivity contribution < 1.29 is 15.0 Å².